The van der Waals surface area contributed by atoms with Crippen molar-refractivity contribution in [2.45, 2.75) is 33.1 Å². The number of aromatic nitrogens is 2. The highest BCUT2D eigenvalue weighted by Gasteiger charge is 2.20. The molecule has 0 unspecified atom stereocenters. The number of rotatable bonds is 5. The smallest absolute Gasteiger partial charge is 0.311 e. The summed E-state index contributed by atoms with van der Waals surface area (Å²) in [7, 11) is 1.70. The Labute approximate surface area is 94.3 Å². The van der Waals surface area contributed by atoms with Crippen LogP contribution in [0.1, 0.15) is 31.2 Å². The van der Waals surface area contributed by atoms with Gasteiger partial charge >= 0.3 is 5.69 Å². The summed E-state index contributed by atoms with van der Waals surface area (Å²) in [6.45, 7) is 3.68. The van der Waals surface area contributed by atoms with Crippen molar-refractivity contribution in [2.24, 2.45) is 0 Å². The minimum absolute atomic E-state index is 0.0486. The van der Waals surface area contributed by atoms with E-state index in [1.807, 2.05) is 6.92 Å². The molecule has 1 aromatic rings. The van der Waals surface area contributed by atoms with Gasteiger partial charge in [0, 0.05) is 7.05 Å². The SMILES string of the molecule is CCCCc1nc(NC)nc(C)c1[N+](=O)[O-]. The molecule has 0 aliphatic carbocycles. The summed E-state index contributed by atoms with van der Waals surface area (Å²) in [5.74, 6) is 0.439. The number of hydrogen-bond donors (Lipinski definition) is 1. The molecule has 0 atom stereocenters. The number of aryl methyl sites for hydroxylation is 2. The maximum Gasteiger partial charge on any atom is 0.311 e. The molecule has 0 aliphatic heterocycles. The fourth-order valence-electron chi connectivity index (χ4n) is 1.49. The van der Waals surface area contributed by atoms with Crippen LogP contribution in [-0.4, -0.2) is 21.9 Å². The lowest BCUT2D eigenvalue weighted by molar-refractivity contribution is -0.386. The molecule has 1 N–H and O–H groups in total. The highest BCUT2D eigenvalue weighted by atomic mass is 16.6. The lowest BCUT2D eigenvalue weighted by Gasteiger charge is -2.06. The molecule has 0 saturated carbocycles. The zero-order valence-corrected chi connectivity index (χ0v) is 9.78. The van der Waals surface area contributed by atoms with Gasteiger partial charge in [-0.25, -0.2) is 9.97 Å². The monoisotopic (exact) mass is 224 g/mol. The van der Waals surface area contributed by atoms with Crippen molar-refractivity contribution >= 4 is 11.6 Å². The molecule has 16 heavy (non-hydrogen) atoms. The Morgan fingerprint density at radius 3 is 2.62 bits per heavy atom. The molecule has 1 aromatic heterocycles. The first kappa shape index (κ1) is 12.4. The maximum atomic E-state index is 10.9. The predicted octanol–water partition coefficient (Wildman–Crippen LogP) is 2.08. The number of nitro groups is 1. The lowest BCUT2D eigenvalue weighted by atomic mass is 10.1. The summed E-state index contributed by atoms with van der Waals surface area (Å²) in [5.41, 5.74) is 0.978. The van der Waals surface area contributed by atoms with Crippen LogP contribution in [0.4, 0.5) is 11.6 Å². The number of nitrogens with zero attached hydrogens (tertiary/aromatic N) is 3. The number of anilines is 1. The molecule has 0 radical (unpaired) electrons. The van der Waals surface area contributed by atoms with E-state index < -0.39 is 4.92 Å². The lowest BCUT2D eigenvalue weighted by Crippen LogP contribution is -2.07. The fraction of sp³-hybridized carbons (Fsp3) is 0.600. The van der Waals surface area contributed by atoms with E-state index in [0.717, 1.165) is 12.8 Å². The van der Waals surface area contributed by atoms with Gasteiger partial charge < -0.3 is 5.32 Å². The number of hydrogen-bond acceptors (Lipinski definition) is 5. The minimum Gasteiger partial charge on any atom is -0.357 e. The molecule has 0 saturated heterocycles. The van der Waals surface area contributed by atoms with Gasteiger partial charge in [0.15, 0.2) is 0 Å². The molecule has 1 heterocycles. The highest BCUT2D eigenvalue weighted by Crippen LogP contribution is 2.23. The van der Waals surface area contributed by atoms with Crippen LogP contribution in [0.3, 0.4) is 0 Å². The Morgan fingerprint density at radius 1 is 1.44 bits per heavy atom. The Hall–Kier alpha value is -1.72. The van der Waals surface area contributed by atoms with Gasteiger partial charge in [0.2, 0.25) is 5.95 Å². The average molecular weight is 224 g/mol. The van der Waals surface area contributed by atoms with E-state index in [2.05, 4.69) is 15.3 Å². The zero-order valence-electron chi connectivity index (χ0n) is 9.78. The zero-order chi connectivity index (χ0) is 12.1. The molecule has 0 amide bonds. The Bertz CT molecular complexity index is 393. The van der Waals surface area contributed by atoms with Crippen LogP contribution in [-0.2, 0) is 6.42 Å². The summed E-state index contributed by atoms with van der Waals surface area (Å²) in [5, 5.41) is 13.7. The summed E-state index contributed by atoms with van der Waals surface area (Å²) in [6, 6.07) is 0. The second-order valence-electron chi connectivity index (χ2n) is 3.54. The Morgan fingerprint density at radius 2 is 2.12 bits per heavy atom. The predicted molar refractivity (Wildman–Crippen MR) is 61.6 cm³/mol. The van der Waals surface area contributed by atoms with Crippen molar-refractivity contribution < 1.29 is 4.92 Å². The molecule has 1 rings (SSSR count). The Kier molecular flexibility index (Phi) is 4.16. The fourth-order valence-corrected chi connectivity index (χ4v) is 1.49. The van der Waals surface area contributed by atoms with E-state index in [9.17, 15) is 10.1 Å². The van der Waals surface area contributed by atoms with Crippen molar-refractivity contribution in [2.75, 3.05) is 12.4 Å². The van der Waals surface area contributed by atoms with Gasteiger partial charge in [0.1, 0.15) is 11.4 Å². The van der Waals surface area contributed by atoms with Gasteiger partial charge in [-0.05, 0) is 19.8 Å². The van der Waals surface area contributed by atoms with Gasteiger partial charge in [0.25, 0.3) is 0 Å². The van der Waals surface area contributed by atoms with E-state index in [1.54, 1.807) is 14.0 Å². The number of nitrogens with one attached hydrogen (secondary N) is 1. The van der Waals surface area contributed by atoms with E-state index in [-0.39, 0.29) is 5.69 Å². The van der Waals surface area contributed by atoms with Crippen LogP contribution in [0.25, 0.3) is 0 Å². The Balaban J connectivity index is 3.17. The van der Waals surface area contributed by atoms with Crippen molar-refractivity contribution in [1.82, 2.24) is 9.97 Å². The largest absolute Gasteiger partial charge is 0.357 e. The summed E-state index contributed by atoms with van der Waals surface area (Å²) < 4.78 is 0. The molecular formula is C10H16N4O2. The molecule has 0 fully saturated rings. The summed E-state index contributed by atoms with van der Waals surface area (Å²) in [4.78, 5) is 18.7. The quantitative estimate of drug-likeness (QED) is 0.611. The van der Waals surface area contributed by atoms with Gasteiger partial charge in [-0.2, -0.15) is 0 Å². The van der Waals surface area contributed by atoms with Crippen molar-refractivity contribution in [3.63, 3.8) is 0 Å². The van der Waals surface area contributed by atoms with Crippen LogP contribution < -0.4 is 5.32 Å². The minimum atomic E-state index is -0.403. The first-order valence-corrected chi connectivity index (χ1v) is 5.29. The topological polar surface area (TPSA) is 81.0 Å². The first-order valence-electron chi connectivity index (χ1n) is 5.29. The van der Waals surface area contributed by atoms with Crippen molar-refractivity contribution in [3.8, 4) is 0 Å². The number of unbranched alkanes of at least 4 members (excludes halogenated alkanes) is 1. The molecule has 0 aromatic carbocycles. The van der Waals surface area contributed by atoms with Gasteiger partial charge in [-0.1, -0.05) is 13.3 Å². The van der Waals surface area contributed by atoms with Crippen molar-refractivity contribution in [1.29, 1.82) is 0 Å². The highest BCUT2D eigenvalue weighted by molar-refractivity contribution is 5.44. The third-order valence-corrected chi connectivity index (χ3v) is 2.30. The van der Waals surface area contributed by atoms with Gasteiger partial charge in [0.05, 0.1) is 4.92 Å². The van der Waals surface area contributed by atoms with Crippen LogP contribution >= 0.6 is 0 Å². The standard InChI is InChI=1S/C10H16N4O2/c1-4-5-6-8-9(14(15)16)7(2)12-10(11-3)13-8/h4-6H2,1-3H3,(H,11,12,13). The average Bonchev–Trinajstić information content (AvgIpc) is 2.24. The second kappa shape index (κ2) is 5.39. The first-order chi connectivity index (χ1) is 7.60. The molecular weight excluding hydrogens is 208 g/mol. The van der Waals surface area contributed by atoms with E-state index in [1.165, 1.54) is 0 Å². The van der Waals surface area contributed by atoms with Crippen LogP contribution in [0.15, 0.2) is 0 Å². The third-order valence-electron chi connectivity index (χ3n) is 2.30. The molecule has 88 valence electrons. The van der Waals surface area contributed by atoms with Gasteiger partial charge in [-0.15, -0.1) is 0 Å². The molecule has 6 heteroatoms. The van der Waals surface area contributed by atoms with Crippen molar-refractivity contribution in [3.05, 3.63) is 21.5 Å². The molecule has 0 bridgehead atoms. The van der Waals surface area contributed by atoms with E-state index >= 15 is 0 Å². The second-order valence-corrected chi connectivity index (χ2v) is 3.54. The van der Waals surface area contributed by atoms with Crippen LogP contribution in [0.2, 0.25) is 0 Å². The van der Waals surface area contributed by atoms with Crippen LogP contribution in [0.5, 0.6) is 0 Å². The summed E-state index contributed by atoms with van der Waals surface area (Å²) in [6.07, 6.45) is 2.49. The van der Waals surface area contributed by atoms with E-state index in [0.29, 0.717) is 23.8 Å². The van der Waals surface area contributed by atoms with Gasteiger partial charge in [-0.3, -0.25) is 10.1 Å². The molecule has 6 nitrogen and oxygen atoms in total. The van der Waals surface area contributed by atoms with Crippen LogP contribution in [0, 0.1) is 17.0 Å². The van der Waals surface area contributed by atoms with E-state index in [4.69, 9.17) is 0 Å². The molecule has 0 aliphatic rings. The summed E-state index contributed by atoms with van der Waals surface area (Å²) >= 11 is 0. The maximum absolute atomic E-state index is 10.9. The normalized spacial score (nSPS) is 10.2. The molecule has 0 spiro atoms. The third kappa shape index (κ3) is 2.65.